The Labute approximate surface area is 152 Å². The summed E-state index contributed by atoms with van der Waals surface area (Å²) in [6.45, 7) is 5.82. The monoisotopic (exact) mass is 367 g/mol. The number of hydrogen-bond acceptors (Lipinski definition) is 4. The second-order valence-electron chi connectivity index (χ2n) is 6.22. The fourth-order valence-electron chi connectivity index (χ4n) is 3.03. The third-order valence-electron chi connectivity index (χ3n) is 4.47. The van der Waals surface area contributed by atoms with Crippen molar-refractivity contribution in [1.82, 2.24) is 25.6 Å². The minimum Gasteiger partial charge on any atom is -0.347 e. The van der Waals surface area contributed by atoms with E-state index in [4.69, 9.17) is 0 Å². The van der Waals surface area contributed by atoms with Crippen LogP contribution in [0.5, 0.6) is 0 Å². The molecule has 0 unspecified atom stereocenters. The number of benzene rings is 1. The average Bonchev–Trinajstić information content (AvgIpc) is 2.98. The van der Waals surface area contributed by atoms with Crippen LogP contribution in [0.1, 0.15) is 46.2 Å². The molecule has 25 heavy (non-hydrogen) atoms. The SMILES string of the molecule is Cc1cc(CNC(=O)c2nnn(C3CCNCC3)c2C)ccc1F.Cl. The number of aromatic nitrogens is 3. The molecule has 0 bridgehead atoms. The second-order valence-corrected chi connectivity index (χ2v) is 6.22. The maximum Gasteiger partial charge on any atom is 0.274 e. The maximum absolute atomic E-state index is 13.3. The van der Waals surface area contributed by atoms with Gasteiger partial charge in [-0.2, -0.15) is 0 Å². The molecule has 0 saturated carbocycles. The van der Waals surface area contributed by atoms with Crippen LogP contribution in [0.4, 0.5) is 4.39 Å². The maximum atomic E-state index is 13.3. The molecule has 0 atom stereocenters. The molecule has 0 spiro atoms. The number of amides is 1. The van der Waals surface area contributed by atoms with Crippen LogP contribution in [-0.2, 0) is 6.54 Å². The minimum absolute atomic E-state index is 0. The normalized spacial score (nSPS) is 14.8. The van der Waals surface area contributed by atoms with Crippen LogP contribution in [-0.4, -0.2) is 34.0 Å². The molecule has 6 nitrogen and oxygen atoms in total. The van der Waals surface area contributed by atoms with Gasteiger partial charge in [0.25, 0.3) is 5.91 Å². The Morgan fingerprint density at radius 1 is 1.36 bits per heavy atom. The summed E-state index contributed by atoms with van der Waals surface area (Å²) in [5.74, 6) is -0.500. The Kier molecular flexibility index (Phi) is 6.50. The molecule has 3 rings (SSSR count). The van der Waals surface area contributed by atoms with E-state index in [1.54, 1.807) is 19.1 Å². The van der Waals surface area contributed by atoms with Gasteiger partial charge in [-0.3, -0.25) is 4.79 Å². The first-order valence-electron chi connectivity index (χ1n) is 8.22. The van der Waals surface area contributed by atoms with Crippen LogP contribution >= 0.6 is 12.4 Å². The number of nitrogens with zero attached hydrogens (tertiary/aromatic N) is 3. The first-order chi connectivity index (χ1) is 11.6. The number of halogens is 2. The van der Waals surface area contributed by atoms with E-state index >= 15 is 0 Å². The molecule has 1 fully saturated rings. The van der Waals surface area contributed by atoms with Crippen molar-refractivity contribution in [2.24, 2.45) is 0 Å². The van der Waals surface area contributed by atoms with E-state index in [0.29, 0.717) is 23.8 Å². The molecule has 1 aromatic heterocycles. The summed E-state index contributed by atoms with van der Waals surface area (Å²) in [6.07, 6.45) is 1.97. The standard InChI is InChI=1S/C17H22FN5O.ClH/c1-11-9-13(3-4-15(11)18)10-20-17(24)16-12(2)23(22-21-16)14-5-7-19-8-6-14;/h3-4,9,14,19H,5-8,10H2,1-2H3,(H,20,24);1H. The van der Waals surface area contributed by atoms with Crippen molar-refractivity contribution in [3.63, 3.8) is 0 Å². The molecule has 0 radical (unpaired) electrons. The molecular formula is C17H23ClFN5O. The fraction of sp³-hybridized carbons (Fsp3) is 0.471. The van der Waals surface area contributed by atoms with E-state index in [1.807, 2.05) is 11.6 Å². The van der Waals surface area contributed by atoms with Crippen molar-refractivity contribution in [3.05, 3.63) is 46.5 Å². The van der Waals surface area contributed by atoms with Gasteiger partial charge in [0.2, 0.25) is 0 Å². The highest BCUT2D eigenvalue weighted by molar-refractivity contribution is 5.93. The third-order valence-corrected chi connectivity index (χ3v) is 4.47. The van der Waals surface area contributed by atoms with Crippen molar-refractivity contribution >= 4 is 18.3 Å². The molecule has 1 aliphatic rings. The minimum atomic E-state index is -0.255. The zero-order valence-corrected chi connectivity index (χ0v) is 15.2. The summed E-state index contributed by atoms with van der Waals surface area (Å²) in [5, 5.41) is 14.4. The first kappa shape index (κ1) is 19.3. The second kappa shape index (κ2) is 8.40. The highest BCUT2D eigenvalue weighted by Crippen LogP contribution is 2.20. The van der Waals surface area contributed by atoms with Gasteiger partial charge in [0.15, 0.2) is 5.69 Å². The molecule has 2 N–H and O–H groups in total. The summed E-state index contributed by atoms with van der Waals surface area (Å²) < 4.78 is 15.1. The Morgan fingerprint density at radius 2 is 2.08 bits per heavy atom. The third kappa shape index (κ3) is 4.35. The number of nitrogens with one attached hydrogen (secondary N) is 2. The highest BCUT2D eigenvalue weighted by atomic mass is 35.5. The Balaban J connectivity index is 0.00000225. The van der Waals surface area contributed by atoms with Gasteiger partial charge >= 0.3 is 0 Å². The van der Waals surface area contributed by atoms with Crippen molar-refractivity contribution in [1.29, 1.82) is 0 Å². The van der Waals surface area contributed by atoms with Crippen molar-refractivity contribution < 1.29 is 9.18 Å². The van der Waals surface area contributed by atoms with E-state index in [-0.39, 0.29) is 24.1 Å². The summed E-state index contributed by atoms with van der Waals surface area (Å²) in [7, 11) is 0. The summed E-state index contributed by atoms with van der Waals surface area (Å²) in [4.78, 5) is 12.4. The lowest BCUT2D eigenvalue weighted by Gasteiger charge is -2.23. The number of carbonyl (C=O) groups excluding carboxylic acids is 1. The molecule has 1 aromatic carbocycles. The molecule has 2 heterocycles. The number of rotatable bonds is 4. The molecule has 1 amide bonds. The van der Waals surface area contributed by atoms with Gasteiger partial charge in [-0.25, -0.2) is 9.07 Å². The zero-order valence-electron chi connectivity index (χ0n) is 14.4. The molecule has 0 aliphatic carbocycles. The van der Waals surface area contributed by atoms with E-state index in [0.717, 1.165) is 37.2 Å². The quantitative estimate of drug-likeness (QED) is 0.869. The van der Waals surface area contributed by atoms with Crippen molar-refractivity contribution in [2.75, 3.05) is 13.1 Å². The van der Waals surface area contributed by atoms with E-state index < -0.39 is 0 Å². The lowest BCUT2D eigenvalue weighted by molar-refractivity contribution is 0.0945. The van der Waals surface area contributed by atoms with Gasteiger partial charge in [-0.1, -0.05) is 17.3 Å². The number of carbonyl (C=O) groups is 1. The largest absolute Gasteiger partial charge is 0.347 e. The van der Waals surface area contributed by atoms with Crippen LogP contribution < -0.4 is 10.6 Å². The fourth-order valence-corrected chi connectivity index (χ4v) is 3.03. The molecule has 8 heteroatoms. The van der Waals surface area contributed by atoms with Gasteiger partial charge in [0, 0.05) is 6.54 Å². The molecule has 1 aliphatic heterocycles. The first-order valence-corrected chi connectivity index (χ1v) is 8.22. The van der Waals surface area contributed by atoms with Gasteiger partial charge < -0.3 is 10.6 Å². The van der Waals surface area contributed by atoms with Crippen molar-refractivity contribution in [2.45, 2.75) is 39.3 Å². The number of aryl methyl sites for hydroxylation is 1. The van der Waals surface area contributed by atoms with E-state index in [9.17, 15) is 9.18 Å². The van der Waals surface area contributed by atoms with Gasteiger partial charge in [-0.05, 0) is 57.0 Å². The summed E-state index contributed by atoms with van der Waals surface area (Å²) in [5.41, 5.74) is 2.56. The molecule has 2 aromatic rings. The van der Waals surface area contributed by atoms with Crippen LogP contribution in [0, 0.1) is 19.7 Å². The van der Waals surface area contributed by atoms with Crippen molar-refractivity contribution in [3.8, 4) is 0 Å². The number of piperidine rings is 1. The van der Waals surface area contributed by atoms with Crippen LogP contribution in [0.25, 0.3) is 0 Å². The van der Waals surface area contributed by atoms with Crippen LogP contribution in [0.15, 0.2) is 18.2 Å². The van der Waals surface area contributed by atoms with Gasteiger partial charge in [0.1, 0.15) is 5.82 Å². The van der Waals surface area contributed by atoms with E-state index in [2.05, 4.69) is 20.9 Å². The molecular weight excluding hydrogens is 345 g/mol. The van der Waals surface area contributed by atoms with Crippen LogP contribution in [0.2, 0.25) is 0 Å². The zero-order chi connectivity index (χ0) is 17.1. The predicted octanol–water partition coefficient (Wildman–Crippen LogP) is 2.31. The number of hydrogen-bond donors (Lipinski definition) is 2. The summed E-state index contributed by atoms with van der Waals surface area (Å²) >= 11 is 0. The van der Waals surface area contributed by atoms with Crippen LogP contribution in [0.3, 0.4) is 0 Å². The Bertz CT molecular complexity index is 743. The smallest absolute Gasteiger partial charge is 0.274 e. The molecule has 1 saturated heterocycles. The predicted molar refractivity (Wildman–Crippen MR) is 95.5 cm³/mol. The average molecular weight is 368 g/mol. The lowest BCUT2D eigenvalue weighted by Crippen LogP contribution is -2.30. The Morgan fingerprint density at radius 3 is 2.76 bits per heavy atom. The Hall–Kier alpha value is -1.99. The topological polar surface area (TPSA) is 71.8 Å². The summed E-state index contributed by atoms with van der Waals surface area (Å²) in [6, 6.07) is 5.10. The lowest BCUT2D eigenvalue weighted by atomic mass is 10.1. The highest BCUT2D eigenvalue weighted by Gasteiger charge is 2.22. The van der Waals surface area contributed by atoms with E-state index in [1.165, 1.54) is 6.07 Å². The molecule has 136 valence electrons. The van der Waals surface area contributed by atoms with Gasteiger partial charge in [0.05, 0.1) is 11.7 Å². The van der Waals surface area contributed by atoms with Gasteiger partial charge in [-0.15, -0.1) is 17.5 Å².